The zero-order valence-corrected chi connectivity index (χ0v) is 23.1. The molecule has 2 aliphatic heterocycles. The molecule has 13 heteroatoms. The Hall–Kier alpha value is -3.74. The number of methoxy groups -OCH3 is 1. The van der Waals surface area contributed by atoms with Gasteiger partial charge in [-0.25, -0.2) is 9.78 Å². The Morgan fingerprint density at radius 2 is 1.72 bits per heavy atom. The van der Waals surface area contributed by atoms with Crippen LogP contribution in [0.1, 0.15) is 71.6 Å². The highest BCUT2D eigenvalue weighted by molar-refractivity contribution is 5.91. The minimum atomic E-state index is -4.84. The van der Waals surface area contributed by atoms with Crippen molar-refractivity contribution in [3.8, 4) is 16.9 Å². The number of anilines is 1. The minimum absolute atomic E-state index is 0.115. The molecule has 1 saturated carbocycles. The van der Waals surface area contributed by atoms with Crippen LogP contribution in [0.3, 0.4) is 0 Å². The van der Waals surface area contributed by atoms with Crippen molar-refractivity contribution in [3.63, 3.8) is 0 Å². The number of H-pyrrole nitrogens is 1. The number of nitrogens with one attached hydrogen (secondary N) is 1. The lowest BCUT2D eigenvalue weighted by molar-refractivity contribution is -0.274. The maximum atomic E-state index is 13.8. The summed E-state index contributed by atoms with van der Waals surface area (Å²) in [4.78, 5) is 21.3. The summed E-state index contributed by atoms with van der Waals surface area (Å²) in [6, 6.07) is 6.67. The summed E-state index contributed by atoms with van der Waals surface area (Å²) in [5.41, 5.74) is 0.872. The topological polar surface area (TPSA) is 76.7 Å². The fourth-order valence-electron chi connectivity index (χ4n) is 6.44. The normalized spacial score (nSPS) is 22.1. The van der Waals surface area contributed by atoms with Gasteiger partial charge < -0.3 is 24.1 Å². The standard InChI is InChI=1S/C30H29F6N3O4/c1-41-28(40)22-14-37-26(12-24(22)29(31,32)33)39-17-8-9-18(39)11-19(10-17)42-15-23-21(13-38-27(23)16-6-7-16)20-4-2-3-5-25(20)43-30(34,35)36/h2-5,12-14,16-19,38H,6-11,15H2,1H3. The van der Waals surface area contributed by atoms with Gasteiger partial charge in [0.15, 0.2) is 0 Å². The fraction of sp³-hybridized carbons (Fsp3) is 0.467. The predicted octanol–water partition coefficient (Wildman–Crippen LogP) is 7.37. The summed E-state index contributed by atoms with van der Waals surface area (Å²) in [7, 11) is 1.01. The molecule has 2 unspecified atom stereocenters. The van der Waals surface area contributed by atoms with Crippen LogP contribution < -0.4 is 9.64 Å². The molecule has 1 aliphatic carbocycles. The third-order valence-corrected chi connectivity index (χ3v) is 8.43. The number of ether oxygens (including phenoxy) is 3. The molecule has 43 heavy (non-hydrogen) atoms. The van der Waals surface area contributed by atoms with Gasteiger partial charge in [-0.2, -0.15) is 13.2 Å². The van der Waals surface area contributed by atoms with Crippen LogP contribution in [0.2, 0.25) is 0 Å². The average molecular weight is 610 g/mol. The first kappa shape index (κ1) is 29.3. The highest BCUT2D eigenvalue weighted by Crippen LogP contribution is 2.46. The van der Waals surface area contributed by atoms with Gasteiger partial charge in [0.1, 0.15) is 11.6 Å². The number of rotatable bonds is 8. The molecule has 230 valence electrons. The summed E-state index contributed by atoms with van der Waals surface area (Å²) in [6.07, 6.45) is -2.68. The summed E-state index contributed by atoms with van der Waals surface area (Å²) < 4.78 is 96.0. The number of carbonyl (C=O) groups excluding carboxylic acids is 1. The molecule has 3 aromatic rings. The number of halogens is 6. The van der Waals surface area contributed by atoms with Gasteiger partial charge in [0, 0.05) is 46.9 Å². The van der Waals surface area contributed by atoms with Crippen molar-refractivity contribution in [2.45, 2.75) is 81.8 Å². The van der Waals surface area contributed by atoms with Crippen molar-refractivity contribution in [1.82, 2.24) is 9.97 Å². The largest absolute Gasteiger partial charge is 0.573 e. The quantitative estimate of drug-likeness (QED) is 0.212. The van der Waals surface area contributed by atoms with Crippen molar-refractivity contribution >= 4 is 11.8 Å². The van der Waals surface area contributed by atoms with E-state index in [4.69, 9.17) is 4.74 Å². The van der Waals surface area contributed by atoms with E-state index in [1.54, 1.807) is 18.3 Å². The number of aromatic nitrogens is 2. The molecule has 2 atom stereocenters. The van der Waals surface area contributed by atoms with E-state index < -0.39 is 29.6 Å². The Kier molecular flexibility index (Phi) is 7.55. The molecule has 0 spiro atoms. The van der Waals surface area contributed by atoms with E-state index in [-0.39, 0.29) is 42.3 Å². The molecule has 0 radical (unpaired) electrons. The van der Waals surface area contributed by atoms with Crippen molar-refractivity contribution in [3.05, 3.63) is 65.1 Å². The predicted molar refractivity (Wildman–Crippen MR) is 143 cm³/mol. The molecule has 0 amide bonds. The van der Waals surface area contributed by atoms with Gasteiger partial charge >= 0.3 is 18.5 Å². The molecular weight excluding hydrogens is 580 g/mol. The van der Waals surface area contributed by atoms with Gasteiger partial charge in [-0.05, 0) is 56.6 Å². The highest BCUT2D eigenvalue weighted by Gasteiger charge is 2.44. The second-order valence-corrected chi connectivity index (χ2v) is 11.2. The molecule has 6 rings (SSSR count). The van der Waals surface area contributed by atoms with E-state index >= 15 is 0 Å². The maximum absolute atomic E-state index is 13.8. The number of carbonyl (C=O) groups is 1. The first-order valence-corrected chi connectivity index (χ1v) is 14.0. The monoisotopic (exact) mass is 609 g/mol. The molecule has 2 bridgehead atoms. The van der Waals surface area contributed by atoms with Gasteiger partial charge in [0.05, 0.1) is 30.9 Å². The molecule has 3 fully saturated rings. The molecule has 2 aromatic heterocycles. The number of benzene rings is 1. The van der Waals surface area contributed by atoms with Gasteiger partial charge in [-0.3, -0.25) is 0 Å². The van der Waals surface area contributed by atoms with Crippen LogP contribution in [0, 0.1) is 0 Å². The van der Waals surface area contributed by atoms with E-state index in [1.165, 1.54) is 12.1 Å². The summed E-state index contributed by atoms with van der Waals surface area (Å²) in [5.74, 6) is -0.976. The number of alkyl halides is 6. The molecule has 7 nitrogen and oxygen atoms in total. The Labute approximate surface area is 243 Å². The van der Waals surface area contributed by atoms with E-state index in [0.717, 1.165) is 56.3 Å². The second-order valence-electron chi connectivity index (χ2n) is 11.2. The summed E-state index contributed by atoms with van der Waals surface area (Å²) >= 11 is 0. The number of pyridine rings is 1. The van der Waals surface area contributed by atoms with Crippen molar-refractivity contribution in [2.24, 2.45) is 0 Å². The van der Waals surface area contributed by atoms with Gasteiger partial charge in [0.25, 0.3) is 0 Å². The van der Waals surface area contributed by atoms with Crippen LogP contribution in [-0.2, 0) is 22.3 Å². The first-order chi connectivity index (χ1) is 20.4. The maximum Gasteiger partial charge on any atom is 0.573 e. The summed E-state index contributed by atoms with van der Waals surface area (Å²) in [6.45, 7) is 0.166. The molecule has 1 aromatic carbocycles. The van der Waals surface area contributed by atoms with Crippen LogP contribution >= 0.6 is 0 Å². The molecular formula is C30H29F6N3O4. The Bertz CT molecular complexity index is 1490. The van der Waals surface area contributed by atoms with E-state index in [2.05, 4.69) is 19.4 Å². The third-order valence-electron chi connectivity index (χ3n) is 8.43. The lowest BCUT2D eigenvalue weighted by Crippen LogP contribution is -2.46. The second kappa shape index (κ2) is 11.1. The van der Waals surface area contributed by atoms with E-state index in [9.17, 15) is 31.1 Å². The van der Waals surface area contributed by atoms with E-state index in [1.807, 2.05) is 4.90 Å². The van der Waals surface area contributed by atoms with Crippen molar-refractivity contribution < 1.29 is 45.3 Å². The number of hydrogen-bond acceptors (Lipinski definition) is 6. The zero-order valence-electron chi connectivity index (χ0n) is 23.1. The smallest absolute Gasteiger partial charge is 0.465 e. The number of para-hydroxylation sites is 1. The SMILES string of the molecule is COC(=O)c1cnc(N2C3CCC2CC(OCc2c(-c4ccccc4OC(F)(F)F)c[nH]c2C2CC2)C3)cc1C(F)(F)F. The lowest BCUT2D eigenvalue weighted by atomic mass is 9.98. The third kappa shape index (κ3) is 6.04. The highest BCUT2D eigenvalue weighted by atomic mass is 19.4. The number of fused-ring (bicyclic) bond motifs is 2. The van der Waals surface area contributed by atoms with Crippen molar-refractivity contribution in [1.29, 1.82) is 0 Å². The number of aromatic amines is 1. The van der Waals surface area contributed by atoms with Crippen LogP contribution in [0.5, 0.6) is 5.75 Å². The van der Waals surface area contributed by atoms with Gasteiger partial charge in [-0.15, -0.1) is 13.2 Å². The zero-order chi connectivity index (χ0) is 30.5. The Morgan fingerprint density at radius 1 is 1.02 bits per heavy atom. The lowest BCUT2D eigenvalue weighted by Gasteiger charge is -2.40. The van der Waals surface area contributed by atoms with Crippen LogP contribution in [-0.4, -0.2) is 47.6 Å². The molecule has 3 aliphatic rings. The van der Waals surface area contributed by atoms with Crippen LogP contribution in [0.15, 0.2) is 42.7 Å². The van der Waals surface area contributed by atoms with E-state index in [0.29, 0.717) is 24.0 Å². The van der Waals surface area contributed by atoms with Crippen molar-refractivity contribution in [2.75, 3.05) is 12.0 Å². The summed E-state index contributed by atoms with van der Waals surface area (Å²) in [5, 5.41) is 0. The van der Waals surface area contributed by atoms with Crippen LogP contribution in [0.25, 0.3) is 11.1 Å². The minimum Gasteiger partial charge on any atom is -0.465 e. The fourth-order valence-corrected chi connectivity index (χ4v) is 6.44. The van der Waals surface area contributed by atoms with Gasteiger partial charge in [0.2, 0.25) is 0 Å². The number of nitrogens with zero attached hydrogens (tertiary/aromatic N) is 2. The number of piperidine rings is 1. The number of esters is 1. The van der Waals surface area contributed by atoms with Crippen LogP contribution in [0.4, 0.5) is 32.2 Å². The first-order valence-electron chi connectivity index (χ1n) is 14.0. The Balaban J connectivity index is 1.21. The average Bonchev–Trinajstić information content (AvgIpc) is 3.66. The number of hydrogen-bond donors (Lipinski definition) is 1. The molecule has 1 N–H and O–H groups in total. The Morgan fingerprint density at radius 3 is 2.35 bits per heavy atom. The van der Waals surface area contributed by atoms with Gasteiger partial charge in [-0.1, -0.05) is 18.2 Å². The molecule has 2 saturated heterocycles. The molecule has 4 heterocycles.